The van der Waals surface area contributed by atoms with Gasteiger partial charge in [0, 0.05) is 12.1 Å². The number of rotatable bonds is 10. The summed E-state index contributed by atoms with van der Waals surface area (Å²) in [5, 5.41) is 19.5. The highest BCUT2D eigenvalue weighted by Crippen LogP contribution is 2.31. The van der Waals surface area contributed by atoms with E-state index in [1.807, 2.05) is 30.3 Å². The lowest BCUT2D eigenvalue weighted by atomic mass is 10.0. The van der Waals surface area contributed by atoms with Crippen LogP contribution in [0.2, 0.25) is 0 Å². The van der Waals surface area contributed by atoms with Crippen molar-refractivity contribution in [3.8, 4) is 5.75 Å². The Hall–Kier alpha value is -2.90. The van der Waals surface area contributed by atoms with E-state index in [0.29, 0.717) is 30.7 Å². The minimum atomic E-state index is -1.63. The van der Waals surface area contributed by atoms with Gasteiger partial charge in [0.05, 0.1) is 0 Å². The van der Waals surface area contributed by atoms with Gasteiger partial charge >= 0.3 is 11.9 Å². The molecule has 2 N–H and O–H groups in total. The van der Waals surface area contributed by atoms with Crippen molar-refractivity contribution in [1.29, 1.82) is 0 Å². The van der Waals surface area contributed by atoms with Crippen LogP contribution in [0.4, 0.5) is 0 Å². The third-order valence-electron chi connectivity index (χ3n) is 5.58. The summed E-state index contributed by atoms with van der Waals surface area (Å²) in [4.78, 5) is 25.2. The van der Waals surface area contributed by atoms with Gasteiger partial charge in [-0.15, -0.1) is 0 Å². The van der Waals surface area contributed by atoms with E-state index in [2.05, 4.69) is 4.90 Å². The summed E-state index contributed by atoms with van der Waals surface area (Å²) in [6.45, 7) is 2.63. The van der Waals surface area contributed by atoms with Crippen LogP contribution < -0.4 is 4.74 Å². The van der Waals surface area contributed by atoms with Crippen LogP contribution in [0.25, 0.3) is 0 Å². The topological polar surface area (TPSA) is 96.3 Å². The monoisotopic (exact) mass is 441 g/mol. The van der Waals surface area contributed by atoms with Gasteiger partial charge in [0.25, 0.3) is 0 Å². The summed E-state index contributed by atoms with van der Waals surface area (Å²) in [6, 6.07) is 16.8. The van der Waals surface area contributed by atoms with Crippen LogP contribution in [0.1, 0.15) is 42.9 Å². The van der Waals surface area contributed by atoms with E-state index in [4.69, 9.17) is 14.6 Å². The highest BCUT2D eigenvalue weighted by molar-refractivity contribution is 6.28. The number of carbonyl (C=O) groups is 2. The number of aliphatic hydroxyl groups excluding tert-OH is 1. The summed E-state index contributed by atoms with van der Waals surface area (Å²) in [6.07, 6.45) is 3.10. The van der Waals surface area contributed by atoms with Crippen molar-refractivity contribution in [1.82, 2.24) is 4.90 Å². The largest absolute Gasteiger partial charge is 0.490 e. The quantitative estimate of drug-likeness (QED) is 0.432. The number of carbonyl (C=O) groups excluding carboxylic acids is 1. The van der Waals surface area contributed by atoms with Gasteiger partial charge in [-0.05, 0) is 50.4 Å². The summed E-state index contributed by atoms with van der Waals surface area (Å²) < 4.78 is 11.2. The van der Waals surface area contributed by atoms with E-state index in [-0.39, 0.29) is 6.61 Å². The van der Waals surface area contributed by atoms with Crippen molar-refractivity contribution in [3.05, 3.63) is 65.7 Å². The Bertz CT molecular complexity index is 866. The molecule has 1 fully saturated rings. The smallest absolute Gasteiger partial charge is 0.417 e. The van der Waals surface area contributed by atoms with E-state index in [9.17, 15) is 14.7 Å². The Labute approximate surface area is 188 Å². The SMILES string of the molecule is O=C(O)C(=O)OC(CCc1ccccc1)c1ccccc1OCC(O)CN1CCCCC1. The van der Waals surface area contributed by atoms with Crippen molar-refractivity contribution in [3.63, 3.8) is 0 Å². The number of β-amino-alcohol motifs (C(OH)–C–C–N with tert-alkyl or cyclic N) is 1. The van der Waals surface area contributed by atoms with E-state index in [0.717, 1.165) is 31.5 Å². The lowest BCUT2D eigenvalue weighted by Crippen LogP contribution is -2.38. The number of ether oxygens (including phenoxy) is 2. The molecule has 0 saturated carbocycles. The molecule has 2 aromatic rings. The van der Waals surface area contributed by atoms with Crippen LogP contribution in [-0.2, 0) is 20.7 Å². The average molecular weight is 442 g/mol. The van der Waals surface area contributed by atoms with E-state index < -0.39 is 24.1 Å². The molecule has 2 aromatic carbocycles. The number of nitrogens with zero attached hydrogens (tertiary/aromatic N) is 1. The molecule has 2 unspecified atom stereocenters. The molecule has 1 aliphatic heterocycles. The van der Waals surface area contributed by atoms with Crippen molar-refractivity contribution in [2.75, 3.05) is 26.2 Å². The Balaban J connectivity index is 1.68. The molecule has 32 heavy (non-hydrogen) atoms. The highest BCUT2D eigenvalue weighted by atomic mass is 16.6. The zero-order chi connectivity index (χ0) is 22.8. The van der Waals surface area contributed by atoms with Crippen LogP contribution in [0, 0.1) is 0 Å². The van der Waals surface area contributed by atoms with Gasteiger partial charge in [0.15, 0.2) is 0 Å². The maximum Gasteiger partial charge on any atom is 0.417 e. The molecule has 0 bridgehead atoms. The van der Waals surface area contributed by atoms with Crippen LogP contribution in [-0.4, -0.2) is 59.4 Å². The molecule has 3 rings (SSSR count). The van der Waals surface area contributed by atoms with Crippen LogP contribution in [0.15, 0.2) is 54.6 Å². The molecule has 1 aliphatic rings. The van der Waals surface area contributed by atoms with Gasteiger partial charge in [-0.3, -0.25) is 0 Å². The van der Waals surface area contributed by atoms with Gasteiger partial charge < -0.3 is 24.6 Å². The Morgan fingerprint density at radius 1 is 0.969 bits per heavy atom. The number of carboxylic acid groups (broad SMARTS) is 1. The van der Waals surface area contributed by atoms with Crippen molar-refractivity contribution in [2.45, 2.75) is 44.3 Å². The third-order valence-corrected chi connectivity index (χ3v) is 5.58. The minimum Gasteiger partial charge on any atom is -0.490 e. The molecule has 0 aliphatic carbocycles. The second-order valence-corrected chi connectivity index (χ2v) is 8.09. The number of hydrogen-bond donors (Lipinski definition) is 2. The number of hydrogen-bond acceptors (Lipinski definition) is 6. The first-order chi connectivity index (χ1) is 15.5. The summed E-state index contributed by atoms with van der Waals surface area (Å²) in [7, 11) is 0. The summed E-state index contributed by atoms with van der Waals surface area (Å²) in [5.74, 6) is -2.46. The first-order valence-corrected chi connectivity index (χ1v) is 11.1. The molecule has 7 heteroatoms. The highest BCUT2D eigenvalue weighted by Gasteiger charge is 2.25. The lowest BCUT2D eigenvalue weighted by molar-refractivity contribution is -0.168. The second kappa shape index (κ2) is 12.2. The standard InChI is InChI=1S/C25H31NO6/c27-20(17-26-15-7-2-8-16-26)18-31-22-12-6-5-11-21(22)23(32-25(30)24(28)29)14-13-19-9-3-1-4-10-19/h1,3-6,9-12,20,23,27H,2,7-8,13-18H2,(H,28,29). The zero-order valence-corrected chi connectivity index (χ0v) is 18.2. The maximum absolute atomic E-state index is 11.8. The number of likely N-dealkylation sites (tertiary alicyclic amines) is 1. The summed E-state index contributed by atoms with van der Waals surface area (Å²) in [5.41, 5.74) is 1.64. The van der Waals surface area contributed by atoms with Crippen LogP contribution in [0.5, 0.6) is 5.75 Å². The number of carboxylic acids is 1. The first kappa shape index (κ1) is 23.8. The lowest BCUT2D eigenvalue weighted by Gasteiger charge is -2.28. The molecule has 0 amide bonds. The molecule has 7 nitrogen and oxygen atoms in total. The Morgan fingerprint density at radius 3 is 2.38 bits per heavy atom. The van der Waals surface area contributed by atoms with Gasteiger partial charge in [-0.1, -0.05) is 55.0 Å². The van der Waals surface area contributed by atoms with Gasteiger partial charge in [0.2, 0.25) is 0 Å². The number of piperidine rings is 1. The zero-order valence-electron chi connectivity index (χ0n) is 18.2. The Morgan fingerprint density at radius 2 is 1.66 bits per heavy atom. The first-order valence-electron chi connectivity index (χ1n) is 11.1. The molecule has 0 radical (unpaired) electrons. The Kier molecular flexibility index (Phi) is 9.07. The van der Waals surface area contributed by atoms with Crippen LogP contribution >= 0.6 is 0 Å². The number of esters is 1. The molecule has 0 aromatic heterocycles. The fourth-order valence-corrected chi connectivity index (χ4v) is 3.96. The maximum atomic E-state index is 11.8. The predicted octanol–water partition coefficient (Wildman–Crippen LogP) is 3.21. The normalized spacial score (nSPS) is 16.2. The minimum absolute atomic E-state index is 0.103. The number of aryl methyl sites for hydroxylation is 1. The van der Waals surface area contributed by atoms with E-state index in [1.165, 1.54) is 6.42 Å². The van der Waals surface area contributed by atoms with Crippen molar-refractivity contribution in [2.24, 2.45) is 0 Å². The molecular formula is C25H31NO6. The molecule has 172 valence electrons. The van der Waals surface area contributed by atoms with Crippen molar-refractivity contribution < 1.29 is 29.3 Å². The second-order valence-electron chi connectivity index (χ2n) is 8.09. The number of aliphatic hydroxyl groups is 1. The number of aliphatic carboxylic acids is 1. The molecule has 1 saturated heterocycles. The third kappa shape index (κ3) is 7.35. The van der Waals surface area contributed by atoms with Crippen LogP contribution in [0.3, 0.4) is 0 Å². The van der Waals surface area contributed by atoms with Gasteiger partial charge in [-0.2, -0.15) is 0 Å². The number of benzene rings is 2. The fourth-order valence-electron chi connectivity index (χ4n) is 3.96. The molecular weight excluding hydrogens is 410 g/mol. The van der Waals surface area contributed by atoms with Gasteiger partial charge in [-0.25, -0.2) is 9.59 Å². The predicted molar refractivity (Wildman–Crippen MR) is 119 cm³/mol. The molecule has 0 spiro atoms. The fraction of sp³-hybridized carbons (Fsp3) is 0.440. The van der Waals surface area contributed by atoms with E-state index in [1.54, 1.807) is 24.3 Å². The van der Waals surface area contributed by atoms with E-state index >= 15 is 0 Å². The van der Waals surface area contributed by atoms with Crippen molar-refractivity contribution >= 4 is 11.9 Å². The molecule has 2 atom stereocenters. The average Bonchev–Trinajstić information content (AvgIpc) is 2.82. The number of para-hydroxylation sites is 1. The molecule has 1 heterocycles. The summed E-state index contributed by atoms with van der Waals surface area (Å²) >= 11 is 0. The van der Waals surface area contributed by atoms with Gasteiger partial charge in [0.1, 0.15) is 24.6 Å².